The second kappa shape index (κ2) is 15.3. The van der Waals surface area contributed by atoms with Gasteiger partial charge in [-0.15, -0.1) is 0 Å². The van der Waals surface area contributed by atoms with E-state index >= 15 is 0 Å². The highest BCUT2D eigenvalue weighted by molar-refractivity contribution is 5.83. The van der Waals surface area contributed by atoms with Gasteiger partial charge in [0.05, 0.1) is 5.71 Å². The summed E-state index contributed by atoms with van der Waals surface area (Å²) in [5, 5.41) is 7.12. The Morgan fingerprint density at radius 1 is 0.952 bits per heavy atom. The third kappa shape index (κ3) is 13.7. The van der Waals surface area contributed by atoms with Gasteiger partial charge in [0.2, 0.25) is 5.91 Å². The average Bonchev–Trinajstić information content (AvgIpc) is 2.49. The van der Waals surface area contributed by atoms with Crippen molar-refractivity contribution >= 4 is 11.6 Å². The number of oxime groups is 1. The molecule has 1 amide bonds. The molecule has 0 radical (unpaired) electrons. The summed E-state index contributed by atoms with van der Waals surface area (Å²) in [6.07, 6.45) is 10.1. The Hall–Kier alpha value is -1.06. The molecule has 0 unspecified atom stereocenters. The van der Waals surface area contributed by atoms with Crippen molar-refractivity contribution in [2.45, 2.75) is 85.0 Å². The summed E-state index contributed by atoms with van der Waals surface area (Å²) in [7, 11) is 0. The van der Waals surface area contributed by atoms with Gasteiger partial charge in [0.25, 0.3) is 0 Å². The molecule has 0 fully saturated rings. The summed E-state index contributed by atoms with van der Waals surface area (Å²) < 4.78 is 0. The van der Waals surface area contributed by atoms with Crippen LogP contribution < -0.4 is 5.32 Å². The van der Waals surface area contributed by atoms with E-state index in [2.05, 4.69) is 31.2 Å². The molecule has 0 aromatic carbocycles. The van der Waals surface area contributed by atoms with Crippen molar-refractivity contribution in [1.82, 2.24) is 5.32 Å². The third-order valence-electron chi connectivity index (χ3n) is 3.38. The summed E-state index contributed by atoms with van der Waals surface area (Å²) in [6, 6.07) is 0. The minimum Gasteiger partial charge on any atom is -0.396 e. The average molecular weight is 298 g/mol. The van der Waals surface area contributed by atoms with Gasteiger partial charge in [0.1, 0.15) is 6.61 Å². The van der Waals surface area contributed by atoms with Crippen LogP contribution in [0.5, 0.6) is 0 Å². The fourth-order valence-corrected chi connectivity index (χ4v) is 2.03. The van der Waals surface area contributed by atoms with Crippen LogP contribution in [0.15, 0.2) is 5.16 Å². The van der Waals surface area contributed by atoms with Crippen LogP contribution in [-0.2, 0) is 9.63 Å². The minimum atomic E-state index is 0.182. The van der Waals surface area contributed by atoms with E-state index in [9.17, 15) is 4.79 Å². The van der Waals surface area contributed by atoms with Gasteiger partial charge < -0.3 is 10.2 Å². The van der Waals surface area contributed by atoms with Crippen molar-refractivity contribution in [3.05, 3.63) is 0 Å². The number of nitrogens with one attached hydrogen (secondary N) is 1. The summed E-state index contributed by atoms with van der Waals surface area (Å²) in [5.41, 5.74) is 1.14. The number of hydrogen-bond donors (Lipinski definition) is 1. The summed E-state index contributed by atoms with van der Waals surface area (Å²) >= 11 is 0. The highest BCUT2D eigenvalue weighted by Crippen LogP contribution is 2.02. The first-order chi connectivity index (χ1) is 10.2. The van der Waals surface area contributed by atoms with Crippen molar-refractivity contribution < 1.29 is 9.63 Å². The normalized spacial score (nSPS) is 11.5. The zero-order chi connectivity index (χ0) is 15.8. The first kappa shape index (κ1) is 19.9. The molecule has 0 aliphatic carbocycles. The Morgan fingerprint density at radius 3 is 2.43 bits per heavy atom. The van der Waals surface area contributed by atoms with Crippen LogP contribution in [0.25, 0.3) is 0 Å². The third-order valence-corrected chi connectivity index (χ3v) is 3.38. The van der Waals surface area contributed by atoms with E-state index in [1.54, 1.807) is 0 Å². The summed E-state index contributed by atoms with van der Waals surface area (Å²) in [5.74, 6) is 0.182. The Morgan fingerprint density at radius 2 is 1.76 bits per heavy atom. The van der Waals surface area contributed by atoms with Crippen LogP contribution in [-0.4, -0.2) is 24.8 Å². The lowest BCUT2D eigenvalue weighted by atomic mass is 10.2. The maximum absolute atomic E-state index is 11.5. The van der Waals surface area contributed by atoms with Crippen molar-refractivity contribution in [1.29, 1.82) is 0 Å². The van der Waals surface area contributed by atoms with Gasteiger partial charge in [0.15, 0.2) is 0 Å². The van der Waals surface area contributed by atoms with E-state index in [0.29, 0.717) is 13.0 Å². The van der Waals surface area contributed by atoms with E-state index in [-0.39, 0.29) is 5.91 Å². The fraction of sp³-hybridized carbons (Fsp3) is 0.882. The lowest BCUT2D eigenvalue weighted by Crippen LogP contribution is -2.23. The number of unbranched alkanes of at least 4 members (excludes halogenated alkanes) is 4. The van der Waals surface area contributed by atoms with Gasteiger partial charge in [-0.25, -0.2) is 0 Å². The molecule has 0 aromatic heterocycles. The molecule has 0 heterocycles. The van der Waals surface area contributed by atoms with Crippen LogP contribution >= 0.6 is 0 Å². The SMILES string of the molecule is CCCCCNC(=O)CCCCCO/N=C(\CC)CCC. The smallest absolute Gasteiger partial charge is 0.219 e. The molecule has 21 heavy (non-hydrogen) atoms. The Labute approximate surface area is 130 Å². The van der Waals surface area contributed by atoms with Crippen LogP contribution in [0.3, 0.4) is 0 Å². The van der Waals surface area contributed by atoms with Gasteiger partial charge in [0, 0.05) is 13.0 Å². The molecule has 0 saturated heterocycles. The van der Waals surface area contributed by atoms with Crippen molar-refractivity contribution in [3.8, 4) is 0 Å². The number of amides is 1. The fourth-order valence-electron chi connectivity index (χ4n) is 2.03. The number of carbonyl (C=O) groups is 1. The zero-order valence-electron chi connectivity index (χ0n) is 14.2. The monoisotopic (exact) mass is 298 g/mol. The molecule has 0 atom stereocenters. The standard InChI is InChI=1S/C17H34N2O2/c1-4-7-10-14-18-17(20)13-9-8-11-15-21-19-16(6-3)12-5-2/h4-15H2,1-3H3,(H,18,20)/b19-16+. The lowest BCUT2D eigenvalue weighted by Gasteiger charge is -2.05. The molecule has 0 aliphatic heterocycles. The lowest BCUT2D eigenvalue weighted by molar-refractivity contribution is -0.121. The molecule has 0 aromatic rings. The first-order valence-corrected chi connectivity index (χ1v) is 8.68. The van der Waals surface area contributed by atoms with E-state index in [1.165, 1.54) is 12.8 Å². The van der Waals surface area contributed by atoms with E-state index < -0.39 is 0 Å². The van der Waals surface area contributed by atoms with Gasteiger partial charge in [-0.2, -0.15) is 0 Å². The van der Waals surface area contributed by atoms with Gasteiger partial charge in [-0.3, -0.25) is 4.79 Å². The molecular weight excluding hydrogens is 264 g/mol. The van der Waals surface area contributed by atoms with Crippen LogP contribution in [0.2, 0.25) is 0 Å². The molecule has 0 saturated carbocycles. The van der Waals surface area contributed by atoms with E-state index in [4.69, 9.17) is 4.84 Å². The summed E-state index contributed by atoms with van der Waals surface area (Å²) in [4.78, 5) is 16.9. The molecule has 4 heteroatoms. The molecule has 0 spiro atoms. The van der Waals surface area contributed by atoms with Crippen LogP contribution in [0.4, 0.5) is 0 Å². The molecule has 4 nitrogen and oxygen atoms in total. The molecular formula is C17H34N2O2. The van der Waals surface area contributed by atoms with Gasteiger partial charge in [-0.05, 0) is 38.5 Å². The second-order valence-electron chi connectivity index (χ2n) is 5.46. The zero-order valence-corrected chi connectivity index (χ0v) is 14.2. The molecule has 124 valence electrons. The van der Waals surface area contributed by atoms with Crippen molar-refractivity contribution in [2.75, 3.05) is 13.2 Å². The minimum absolute atomic E-state index is 0.182. The largest absolute Gasteiger partial charge is 0.396 e. The quantitative estimate of drug-likeness (QED) is 0.293. The summed E-state index contributed by atoms with van der Waals surface area (Å²) in [6.45, 7) is 7.90. The van der Waals surface area contributed by atoms with E-state index in [1.807, 2.05) is 0 Å². The van der Waals surface area contributed by atoms with Crippen molar-refractivity contribution in [2.24, 2.45) is 5.16 Å². The second-order valence-corrected chi connectivity index (χ2v) is 5.46. The van der Waals surface area contributed by atoms with Crippen LogP contribution in [0.1, 0.15) is 85.0 Å². The topological polar surface area (TPSA) is 50.7 Å². The predicted octanol–water partition coefficient (Wildman–Crippen LogP) is 4.44. The van der Waals surface area contributed by atoms with Crippen LogP contribution in [0, 0.1) is 0 Å². The Bertz CT molecular complexity index is 278. The molecule has 0 rings (SSSR count). The number of carbonyl (C=O) groups excluding carboxylic acids is 1. The number of rotatable bonds is 14. The molecule has 0 aliphatic rings. The number of nitrogens with zero attached hydrogens (tertiary/aromatic N) is 1. The maximum atomic E-state index is 11.5. The van der Waals surface area contributed by atoms with Crippen molar-refractivity contribution in [3.63, 3.8) is 0 Å². The van der Waals surface area contributed by atoms with Gasteiger partial charge in [-0.1, -0.05) is 45.2 Å². The van der Waals surface area contributed by atoms with Gasteiger partial charge >= 0.3 is 0 Å². The highest BCUT2D eigenvalue weighted by atomic mass is 16.6. The predicted molar refractivity (Wildman–Crippen MR) is 89.6 cm³/mol. The number of hydrogen-bond acceptors (Lipinski definition) is 3. The molecule has 1 N–H and O–H groups in total. The molecule has 0 bridgehead atoms. The Balaban J connectivity index is 3.41. The highest BCUT2D eigenvalue weighted by Gasteiger charge is 2.00. The first-order valence-electron chi connectivity index (χ1n) is 8.68. The Kier molecular flexibility index (Phi) is 14.6. The van der Waals surface area contributed by atoms with E-state index in [0.717, 1.165) is 57.2 Å². The maximum Gasteiger partial charge on any atom is 0.219 e.